The van der Waals surface area contributed by atoms with Gasteiger partial charge in [-0.1, -0.05) is 35.9 Å². The van der Waals surface area contributed by atoms with Crippen LogP contribution in [-0.2, 0) is 6.61 Å². The van der Waals surface area contributed by atoms with Crippen LogP contribution in [0.25, 0.3) is 10.9 Å². The maximum absolute atomic E-state index is 6.25. The molecular weight excluding hydrogens is 334 g/mol. The van der Waals surface area contributed by atoms with Gasteiger partial charge >= 0.3 is 0 Å². The minimum absolute atomic E-state index is 0.424. The van der Waals surface area contributed by atoms with E-state index >= 15 is 0 Å². The largest absolute Gasteiger partial charge is 0.473 e. The fraction of sp³-hybridized carbons (Fsp3) is 0.300. The Balaban J connectivity index is 1.53. The van der Waals surface area contributed by atoms with Gasteiger partial charge in [0.25, 0.3) is 0 Å². The number of ether oxygens (including phenoxy) is 1. The number of para-hydroxylation sites is 1. The average Bonchev–Trinajstić information content (AvgIpc) is 2.68. The highest BCUT2D eigenvalue weighted by atomic mass is 35.5. The summed E-state index contributed by atoms with van der Waals surface area (Å²) in [6, 6.07) is 13.8. The van der Waals surface area contributed by atoms with Gasteiger partial charge in [0, 0.05) is 34.8 Å². The molecule has 0 unspecified atom stereocenters. The van der Waals surface area contributed by atoms with Crippen LogP contribution in [0.4, 0.5) is 0 Å². The van der Waals surface area contributed by atoms with Crippen LogP contribution in [0.3, 0.4) is 0 Å². The Hall–Kier alpha value is -2.17. The standard InChI is InChI=1S/C20H20ClN3O/c21-17-9-12-23-20-15(3-1-4-16(17)20)13-25-19-6-2-5-18(24-19)14-7-10-22-11-8-14/h1-6,9,12,14,22H,7-8,10-11,13H2. The lowest BCUT2D eigenvalue weighted by Gasteiger charge is -2.22. The smallest absolute Gasteiger partial charge is 0.213 e. The van der Waals surface area contributed by atoms with Crippen LogP contribution in [0.1, 0.15) is 30.0 Å². The molecule has 0 saturated carbocycles. The third kappa shape index (κ3) is 3.60. The minimum atomic E-state index is 0.424. The lowest BCUT2D eigenvalue weighted by atomic mass is 9.94. The molecule has 1 aliphatic heterocycles. The van der Waals surface area contributed by atoms with E-state index in [1.165, 1.54) is 0 Å². The predicted octanol–water partition coefficient (Wildman–Crippen LogP) is 4.33. The molecule has 1 N–H and O–H groups in total. The van der Waals surface area contributed by atoms with E-state index in [1.54, 1.807) is 12.3 Å². The second-order valence-electron chi connectivity index (χ2n) is 6.32. The summed E-state index contributed by atoms with van der Waals surface area (Å²) < 4.78 is 5.96. The normalized spacial score (nSPS) is 15.4. The summed E-state index contributed by atoms with van der Waals surface area (Å²) in [5.41, 5.74) is 3.01. The molecule has 3 heterocycles. The number of aromatic nitrogens is 2. The topological polar surface area (TPSA) is 47.0 Å². The van der Waals surface area contributed by atoms with Crippen molar-refractivity contribution in [2.24, 2.45) is 0 Å². The number of nitrogens with zero attached hydrogens (tertiary/aromatic N) is 2. The quantitative estimate of drug-likeness (QED) is 0.758. The number of benzene rings is 1. The van der Waals surface area contributed by atoms with E-state index in [2.05, 4.69) is 16.4 Å². The van der Waals surface area contributed by atoms with Gasteiger partial charge in [0.05, 0.1) is 10.5 Å². The van der Waals surface area contributed by atoms with Crippen molar-refractivity contribution in [2.45, 2.75) is 25.4 Å². The van der Waals surface area contributed by atoms with Gasteiger partial charge < -0.3 is 10.1 Å². The van der Waals surface area contributed by atoms with Gasteiger partial charge in [-0.3, -0.25) is 4.98 Å². The maximum atomic E-state index is 6.25. The fourth-order valence-electron chi connectivity index (χ4n) is 3.33. The molecule has 0 radical (unpaired) electrons. The zero-order valence-corrected chi connectivity index (χ0v) is 14.7. The van der Waals surface area contributed by atoms with Gasteiger partial charge in [-0.2, -0.15) is 0 Å². The Bertz CT molecular complexity index is 878. The number of halogens is 1. The summed E-state index contributed by atoms with van der Waals surface area (Å²) in [4.78, 5) is 9.17. The highest BCUT2D eigenvalue weighted by Gasteiger charge is 2.17. The van der Waals surface area contributed by atoms with Gasteiger partial charge in [0.15, 0.2) is 0 Å². The Morgan fingerprint density at radius 2 is 1.92 bits per heavy atom. The van der Waals surface area contributed by atoms with Crippen molar-refractivity contribution in [3.05, 3.63) is 64.9 Å². The SMILES string of the molecule is Clc1ccnc2c(COc3cccc(C4CCNCC4)n3)cccc12. The van der Waals surface area contributed by atoms with Crippen molar-refractivity contribution in [3.63, 3.8) is 0 Å². The Morgan fingerprint density at radius 1 is 1.08 bits per heavy atom. The second-order valence-corrected chi connectivity index (χ2v) is 6.73. The first kappa shape index (κ1) is 16.3. The molecule has 5 heteroatoms. The summed E-state index contributed by atoms with van der Waals surface area (Å²) in [6.45, 7) is 2.53. The van der Waals surface area contributed by atoms with E-state index in [4.69, 9.17) is 21.3 Å². The van der Waals surface area contributed by atoms with E-state index in [0.717, 1.165) is 48.1 Å². The molecule has 0 spiro atoms. The van der Waals surface area contributed by atoms with Crippen LogP contribution >= 0.6 is 11.6 Å². The molecule has 1 aromatic carbocycles. The number of piperidine rings is 1. The molecule has 4 nitrogen and oxygen atoms in total. The van der Waals surface area contributed by atoms with Crippen LogP contribution in [0.5, 0.6) is 5.88 Å². The number of nitrogens with one attached hydrogen (secondary N) is 1. The van der Waals surface area contributed by atoms with E-state index < -0.39 is 0 Å². The lowest BCUT2D eigenvalue weighted by molar-refractivity contribution is 0.292. The number of pyridine rings is 2. The van der Waals surface area contributed by atoms with E-state index in [1.807, 2.05) is 30.3 Å². The van der Waals surface area contributed by atoms with Crippen LogP contribution in [0, 0.1) is 0 Å². The number of hydrogen-bond acceptors (Lipinski definition) is 4. The fourth-order valence-corrected chi connectivity index (χ4v) is 3.54. The van der Waals surface area contributed by atoms with Crippen LogP contribution in [0.15, 0.2) is 48.7 Å². The van der Waals surface area contributed by atoms with Gasteiger partial charge in [0.2, 0.25) is 5.88 Å². The molecule has 0 aliphatic carbocycles. The molecule has 1 aliphatic rings. The second kappa shape index (κ2) is 7.38. The molecule has 128 valence electrons. The van der Waals surface area contributed by atoms with E-state index in [0.29, 0.717) is 23.4 Å². The minimum Gasteiger partial charge on any atom is -0.473 e. The van der Waals surface area contributed by atoms with Crippen molar-refractivity contribution in [2.75, 3.05) is 13.1 Å². The summed E-state index contributed by atoms with van der Waals surface area (Å²) in [5, 5.41) is 5.04. The highest BCUT2D eigenvalue weighted by Crippen LogP contribution is 2.27. The van der Waals surface area contributed by atoms with Crippen molar-refractivity contribution in [3.8, 4) is 5.88 Å². The summed E-state index contributed by atoms with van der Waals surface area (Å²) in [7, 11) is 0. The Morgan fingerprint density at radius 3 is 2.80 bits per heavy atom. The van der Waals surface area contributed by atoms with E-state index in [-0.39, 0.29) is 0 Å². The van der Waals surface area contributed by atoms with Crippen molar-refractivity contribution >= 4 is 22.5 Å². The van der Waals surface area contributed by atoms with Crippen molar-refractivity contribution in [1.29, 1.82) is 0 Å². The number of rotatable bonds is 4. The maximum Gasteiger partial charge on any atom is 0.213 e. The molecule has 0 atom stereocenters. The highest BCUT2D eigenvalue weighted by molar-refractivity contribution is 6.35. The van der Waals surface area contributed by atoms with E-state index in [9.17, 15) is 0 Å². The summed E-state index contributed by atoms with van der Waals surface area (Å²) in [6.07, 6.45) is 3.98. The van der Waals surface area contributed by atoms with Gasteiger partial charge in [-0.25, -0.2) is 4.98 Å². The van der Waals surface area contributed by atoms with Crippen molar-refractivity contribution in [1.82, 2.24) is 15.3 Å². The predicted molar refractivity (Wildman–Crippen MR) is 100 cm³/mol. The molecule has 0 bridgehead atoms. The van der Waals surface area contributed by atoms with Crippen LogP contribution in [0.2, 0.25) is 5.02 Å². The molecule has 3 aromatic rings. The third-order valence-corrected chi connectivity index (χ3v) is 5.01. The molecule has 4 rings (SSSR count). The molecule has 1 fully saturated rings. The number of hydrogen-bond donors (Lipinski definition) is 1. The summed E-state index contributed by atoms with van der Waals surface area (Å²) in [5.74, 6) is 1.18. The van der Waals surface area contributed by atoms with Gasteiger partial charge in [-0.05, 0) is 38.1 Å². The Kier molecular flexibility index (Phi) is 4.81. The zero-order chi connectivity index (χ0) is 17.1. The molecule has 2 aromatic heterocycles. The van der Waals surface area contributed by atoms with Crippen molar-refractivity contribution < 1.29 is 4.74 Å². The first-order chi connectivity index (χ1) is 12.3. The number of fused-ring (bicyclic) bond motifs is 1. The summed E-state index contributed by atoms with van der Waals surface area (Å²) >= 11 is 6.25. The van der Waals surface area contributed by atoms with Gasteiger partial charge in [-0.15, -0.1) is 0 Å². The molecular formula is C20H20ClN3O. The zero-order valence-electron chi connectivity index (χ0n) is 13.9. The monoisotopic (exact) mass is 353 g/mol. The lowest BCUT2D eigenvalue weighted by Crippen LogP contribution is -2.27. The third-order valence-electron chi connectivity index (χ3n) is 4.68. The van der Waals surface area contributed by atoms with Crippen LogP contribution in [-0.4, -0.2) is 23.1 Å². The van der Waals surface area contributed by atoms with Gasteiger partial charge in [0.1, 0.15) is 6.61 Å². The first-order valence-electron chi connectivity index (χ1n) is 8.64. The molecule has 25 heavy (non-hydrogen) atoms. The Labute approximate surface area is 152 Å². The average molecular weight is 354 g/mol. The van der Waals surface area contributed by atoms with Crippen LogP contribution < -0.4 is 10.1 Å². The molecule has 0 amide bonds. The molecule has 1 saturated heterocycles. The first-order valence-corrected chi connectivity index (χ1v) is 9.01.